The Hall–Kier alpha value is -1.93. The predicted molar refractivity (Wildman–Crippen MR) is 79.7 cm³/mol. The number of nitrogen functional groups attached to an aromatic ring is 1. The molecule has 0 fully saturated rings. The molecule has 114 valence electrons. The zero-order valence-electron chi connectivity index (χ0n) is 12.3. The molecule has 0 amide bonds. The van der Waals surface area contributed by atoms with Crippen molar-refractivity contribution in [1.82, 2.24) is 19.1 Å². The number of nitrogens with two attached hydrogens (primary N) is 1. The van der Waals surface area contributed by atoms with Gasteiger partial charge in [-0.05, 0) is 26.0 Å². The smallest absolute Gasteiger partial charge is 0.248 e. The second-order valence-electron chi connectivity index (χ2n) is 5.02. The Kier molecular flexibility index (Phi) is 4.29. The minimum absolute atomic E-state index is 0.00386. The predicted octanol–water partition coefficient (Wildman–Crippen LogP) is 0.997. The highest BCUT2D eigenvalue weighted by atomic mass is 32.2. The third kappa shape index (κ3) is 3.22. The molecule has 2 heterocycles. The van der Waals surface area contributed by atoms with Crippen molar-refractivity contribution in [1.29, 1.82) is 0 Å². The van der Waals surface area contributed by atoms with Gasteiger partial charge in [-0.2, -0.15) is 9.40 Å². The second kappa shape index (κ2) is 5.82. The first-order valence-electron chi connectivity index (χ1n) is 6.53. The summed E-state index contributed by atoms with van der Waals surface area (Å²) < 4.78 is 28.3. The fraction of sp³-hybridized carbons (Fsp3) is 0.385. The number of pyridine rings is 1. The standard InChI is InChI=1S/C13H19N5O2S/c1-10(2)18(8-11-6-4-5-7-15-11)21(19,20)12-9-17(3)16-13(12)14/h4-7,9-10H,8H2,1-3H3,(H2,14,16). The van der Waals surface area contributed by atoms with Gasteiger partial charge in [0.25, 0.3) is 0 Å². The van der Waals surface area contributed by atoms with Crippen molar-refractivity contribution in [3.8, 4) is 0 Å². The van der Waals surface area contributed by atoms with Crippen LogP contribution in [0.4, 0.5) is 5.82 Å². The van der Waals surface area contributed by atoms with Crippen LogP contribution in [0.25, 0.3) is 0 Å². The molecule has 7 nitrogen and oxygen atoms in total. The number of hydrogen-bond donors (Lipinski definition) is 1. The Bertz CT molecular complexity index is 709. The third-order valence-electron chi connectivity index (χ3n) is 3.03. The molecule has 0 unspecified atom stereocenters. The largest absolute Gasteiger partial charge is 0.381 e. The summed E-state index contributed by atoms with van der Waals surface area (Å²) in [5.41, 5.74) is 6.38. The molecule has 0 aliphatic carbocycles. The van der Waals surface area contributed by atoms with E-state index >= 15 is 0 Å². The number of sulfonamides is 1. The van der Waals surface area contributed by atoms with Crippen LogP contribution in [-0.2, 0) is 23.6 Å². The molecule has 0 bridgehead atoms. The molecule has 2 rings (SSSR count). The summed E-state index contributed by atoms with van der Waals surface area (Å²) in [4.78, 5) is 4.20. The quantitative estimate of drug-likeness (QED) is 0.889. The summed E-state index contributed by atoms with van der Waals surface area (Å²) in [6.07, 6.45) is 3.05. The second-order valence-corrected chi connectivity index (χ2v) is 6.88. The van der Waals surface area contributed by atoms with Gasteiger partial charge in [-0.25, -0.2) is 8.42 Å². The van der Waals surface area contributed by atoms with Crippen LogP contribution in [0.5, 0.6) is 0 Å². The molecule has 0 saturated heterocycles. The van der Waals surface area contributed by atoms with Crippen molar-refractivity contribution >= 4 is 15.8 Å². The van der Waals surface area contributed by atoms with Crippen LogP contribution in [0.3, 0.4) is 0 Å². The van der Waals surface area contributed by atoms with Crippen LogP contribution in [-0.4, -0.2) is 33.5 Å². The van der Waals surface area contributed by atoms with Crippen molar-refractivity contribution < 1.29 is 8.42 Å². The van der Waals surface area contributed by atoms with E-state index in [-0.39, 0.29) is 23.3 Å². The Labute approximate surface area is 124 Å². The summed E-state index contributed by atoms with van der Waals surface area (Å²) >= 11 is 0. The summed E-state index contributed by atoms with van der Waals surface area (Å²) in [6, 6.07) is 5.18. The van der Waals surface area contributed by atoms with E-state index in [0.717, 1.165) is 0 Å². The highest BCUT2D eigenvalue weighted by molar-refractivity contribution is 7.89. The van der Waals surface area contributed by atoms with Gasteiger partial charge in [-0.1, -0.05) is 6.07 Å². The Balaban J connectivity index is 2.40. The highest BCUT2D eigenvalue weighted by Gasteiger charge is 2.31. The topological polar surface area (TPSA) is 94.1 Å². The first-order chi connectivity index (χ1) is 9.82. The zero-order chi connectivity index (χ0) is 15.6. The van der Waals surface area contributed by atoms with Crippen molar-refractivity contribution in [2.75, 3.05) is 5.73 Å². The van der Waals surface area contributed by atoms with Gasteiger partial charge in [0.1, 0.15) is 4.90 Å². The number of nitrogens with zero attached hydrogens (tertiary/aromatic N) is 4. The van der Waals surface area contributed by atoms with Crippen molar-refractivity contribution in [2.24, 2.45) is 7.05 Å². The average molecular weight is 309 g/mol. The van der Waals surface area contributed by atoms with Gasteiger partial charge in [0.15, 0.2) is 5.82 Å². The van der Waals surface area contributed by atoms with Crippen molar-refractivity contribution in [2.45, 2.75) is 31.3 Å². The van der Waals surface area contributed by atoms with E-state index in [0.29, 0.717) is 5.69 Å². The van der Waals surface area contributed by atoms with Gasteiger partial charge >= 0.3 is 0 Å². The molecule has 8 heteroatoms. The first-order valence-corrected chi connectivity index (χ1v) is 7.97. The Morgan fingerprint density at radius 2 is 2.10 bits per heavy atom. The molecule has 0 spiro atoms. The Morgan fingerprint density at radius 1 is 1.38 bits per heavy atom. The molecule has 21 heavy (non-hydrogen) atoms. The maximum atomic E-state index is 12.8. The van der Waals surface area contributed by atoms with Crippen molar-refractivity contribution in [3.05, 3.63) is 36.3 Å². The molecule has 0 aliphatic rings. The van der Waals surface area contributed by atoms with Gasteiger partial charge in [-0.3, -0.25) is 9.67 Å². The van der Waals surface area contributed by atoms with E-state index in [4.69, 9.17) is 5.73 Å². The maximum absolute atomic E-state index is 12.8. The van der Waals surface area contributed by atoms with E-state index < -0.39 is 10.0 Å². The highest BCUT2D eigenvalue weighted by Crippen LogP contribution is 2.24. The summed E-state index contributed by atoms with van der Waals surface area (Å²) in [7, 11) is -2.09. The fourth-order valence-electron chi connectivity index (χ4n) is 2.01. The Morgan fingerprint density at radius 3 is 2.57 bits per heavy atom. The summed E-state index contributed by atoms with van der Waals surface area (Å²) in [5.74, 6) is 0.00386. The monoisotopic (exact) mass is 309 g/mol. The molecule has 2 aromatic heterocycles. The summed E-state index contributed by atoms with van der Waals surface area (Å²) in [6.45, 7) is 3.81. The lowest BCUT2D eigenvalue weighted by Crippen LogP contribution is -2.36. The van der Waals surface area contributed by atoms with Gasteiger partial charge in [0.2, 0.25) is 10.0 Å². The lowest BCUT2D eigenvalue weighted by molar-refractivity contribution is 0.345. The zero-order valence-corrected chi connectivity index (χ0v) is 13.1. The van der Waals surface area contributed by atoms with Crippen LogP contribution in [0, 0.1) is 0 Å². The lowest BCUT2D eigenvalue weighted by Gasteiger charge is -2.25. The van der Waals surface area contributed by atoms with Crippen LogP contribution in [0.2, 0.25) is 0 Å². The molecular formula is C13H19N5O2S. The van der Waals surface area contributed by atoms with Crippen LogP contribution in [0.15, 0.2) is 35.5 Å². The van der Waals surface area contributed by atoms with E-state index in [9.17, 15) is 8.42 Å². The van der Waals surface area contributed by atoms with Crippen LogP contribution >= 0.6 is 0 Å². The molecule has 0 radical (unpaired) electrons. The normalized spacial score (nSPS) is 12.2. The SMILES string of the molecule is CC(C)N(Cc1ccccn1)S(=O)(=O)c1cn(C)nc1N. The molecule has 2 aromatic rings. The van der Waals surface area contributed by atoms with Gasteiger partial charge < -0.3 is 5.73 Å². The molecule has 0 saturated carbocycles. The van der Waals surface area contributed by atoms with E-state index in [1.165, 1.54) is 15.2 Å². The number of anilines is 1. The van der Waals surface area contributed by atoms with Crippen molar-refractivity contribution in [3.63, 3.8) is 0 Å². The van der Waals surface area contributed by atoms with Gasteiger partial charge in [-0.15, -0.1) is 0 Å². The average Bonchev–Trinajstić information content (AvgIpc) is 2.76. The number of hydrogen-bond acceptors (Lipinski definition) is 5. The molecule has 0 atom stereocenters. The van der Waals surface area contributed by atoms with E-state index in [2.05, 4.69) is 10.1 Å². The van der Waals surface area contributed by atoms with E-state index in [1.54, 1.807) is 25.4 Å². The summed E-state index contributed by atoms with van der Waals surface area (Å²) in [5, 5.41) is 3.90. The van der Waals surface area contributed by atoms with Gasteiger partial charge in [0.05, 0.1) is 12.2 Å². The van der Waals surface area contributed by atoms with Gasteiger partial charge in [0, 0.05) is 25.5 Å². The third-order valence-corrected chi connectivity index (χ3v) is 5.07. The number of aryl methyl sites for hydroxylation is 1. The molecule has 0 aromatic carbocycles. The minimum atomic E-state index is -3.72. The number of rotatable bonds is 5. The lowest BCUT2D eigenvalue weighted by atomic mass is 10.3. The molecule has 0 aliphatic heterocycles. The fourth-order valence-corrected chi connectivity index (χ4v) is 3.71. The first kappa shape index (κ1) is 15.5. The van der Waals surface area contributed by atoms with Crippen LogP contribution in [0.1, 0.15) is 19.5 Å². The maximum Gasteiger partial charge on any atom is 0.248 e. The van der Waals surface area contributed by atoms with E-state index in [1.807, 2.05) is 19.9 Å². The molecular weight excluding hydrogens is 290 g/mol. The number of aromatic nitrogens is 3. The molecule has 2 N–H and O–H groups in total. The van der Waals surface area contributed by atoms with Crippen LogP contribution < -0.4 is 5.73 Å². The minimum Gasteiger partial charge on any atom is -0.381 e.